The Bertz CT molecular complexity index is 855. The lowest BCUT2D eigenvalue weighted by Gasteiger charge is -2.33. The predicted octanol–water partition coefficient (Wildman–Crippen LogP) is 3.90. The van der Waals surface area contributed by atoms with E-state index in [2.05, 4.69) is 15.5 Å². The van der Waals surface area contributed by atoms with E-state index in [4.69, 9.17) is 14.0 Å². The number of halogens is 1. The number of hydrogen-bond donors (Lipinski definition) is 1. The first-order valence-electron chi connectivity index (χ1n) is 9.95. The summed E-state index contributed by atoms with van der Waals surface area (Å²) in [5.74, 6) is 1.16. The Labute approximate surface area is 168 Å². The molecule has 1 aromatic carbocycles. The Kier molecular flexibility index (Phi) is 5.94. The lowest BCUT2D eigenvalue weighted by atomic mass is 10.0. The van der Waals surface area contributed by atoms with E-state index >= 15 is 0 Å². The van der Waals surface area contributed by atoms with Crippen molar-refractivity contribution in [3.63, 3.8) is 0 Å². The van der Waals surface area contributed by atoms with Gasteiger partial charge in [-0.25, -0.2) is 9.18 Å². The molecule has 156 valence electrons. The molecule has 0 radical (unpaired) electrons. The van der Waals surface area contributed by atoms with Crippen LogP contribution in [0.15, 0.2) is 22.7 Å². The van der Waals surface area contributed by atoms with Gasteiger partial charge in [0.1, 0.15) is 6.61 Å². The second-order valence-corrected chi connectivity index (χ2v) is 7.49. The number of likely N-dealkylation sites (tertiary alicyclic amines) is 1. The molecular formula is C20H25FN4O4. The molecule has 1 unspecified atom stereocenters. The Hall–Kier alpha value is -2.68. The van der Waals surface area contributed by atoms with Gasteiger partial charge in [0.2, 0.25) is 0 Å². The van der Waals surface area contributed by atoms with Gasteiger partial charge in [-0.3, -0.25) is 0 Å². The normalized spacial score (nSPS) is 19.2. The molecule has 1 saturated heterocycles. The van der Waals surface area contributed by atoms with Crippen LogP contribution >= 0.6 is 0 Å². The van der Waals surface area contributed by atoms with Gasteiger partial charge in [-0.15, -0.1) is 0 Å². The Morgan fingerprint density at radius 3 is 2.97 bits per heavy atom. The fourth-order valence-electron chi connectivity index (χ4n) is 3.44. The van der Waals surface area contributed by atoms with Crippen LogP contribution in [0.5, 0.6) is 5.75 Å². The van der Waals surface area contributed by atoms with Crippen molar-refractivity contribution in [1.82, 2.24) is 15.0 Å². The van der Waals surface area contributed by atoms with Crippen LogP contribution in [0.25, 0.3) is 0 Å². The average Bonchev–Trinajstić information content (AvgIpc) is 3.43. The zero-order chi connectivity index (χ0) is 20.2. The third-order valence-corrected chi connectivity index (χ3v) is 5.22. The molecule has 1 N–H and O–H groups in total. The molecule has 2 aromatic rings. The van der Waals surface area contributed by atoms with Gasteiger partial charge in [-0.05, 0) is 50.2 Å². The zero-order valence-corrected chi connectivity index (χ0v) is 16.4. The highest BCUT2D eigenvalue weighted by atomic mass is 19.1. The van der Waals surface area contributed by atoms with Crippen LogP contribution in [-0.2, 0) is 11.3 Å². The average molecular weight is 404 g/mol. The van der Waals surface area contributed by atoms with E-state index in [0.717, 1.165) is 19.3 Å². The number of urea groups is 1. The number of amides is 2. The maximum Gasteiger partial charge on any atom is 0.322 e. The summed E-state index contributed by atoms with van der Waals surface area (Å²) in [4.78, 5) is 18.9. The minimum atomic E-state index is -0.533. The van der Waals surface area contributed by atoms with Gasteiger partial charge in [0.05, 0.1) is 19.8 Å². The highest BCUT2D eigenvalue weighted by molar-refractivity contribution is 5.89. The summed E-state index contributed by atoms with van der Waals surface area (Å²) in [6.45, 7) is 1.57. The Morgan fingerprint density at radius 2 is 2.21 bits per heavy atom. The molecule has 1 aliphatic heterocycles. The van der Waals surface area contributed by atoms with Gasteiger partial charge in [0, 0.05) is 18.3 Å². The molecule has 2 amide bonds. The summed E-state index contributed by atoms with van der Waals surface area (Å²) in [6.07, 6.45) is 5.04. The highest BCUT2D eigenvalue weighted by Gasteiger charge is 2.32. The van der Waals surface area contributed by atoms with Crippen molar-refractivity contribution in [3.8, 4) is 5.75 Å². The van der Waals surface area contributed by atoms with Gasteiger partial charge < -0.3 is 24.2 Å². The summed E-state index contributed by atoms with van der Waals surface area (Å²) < 4.78 is 29.7. The van der Waals surface area contributed by atoms with Crippen molar-refractivity contribution in [3.05, 3.63) is 35.7 Å². The number of nitrogens with zero attached hydrogens (tertiary/aromatic N) is 3. The van der Waals surface area contributed by atoms with Crippen molar-refractivity contribution in [2.24, 2.45) is 5.92 Å². The number of piperidine rings is 1. The van der Waals surface area contributed by atoms with Crippen LogP contribution in [-0.4, -0.2) is 41.3 Å². The van der Waals surface area contributed by atoms with E-state index in [9.17, 15) is 9.18 Å². The van der Waals surface area contributed by atoms with Crippen LogP contribution in [0.3, 0.4) is 0 Å². The summed E-state index contributed by atoms with van der Waals surface area (Å²) >= 11 is 0. The summed E-state index contributed by atoms with van der Waals surface area (Å²) in [7, 11) is 1.39. The second-order valence-electron chi connectivity index (χ2n) is 7.49. The predicted molar refractivity (Wildman–Crippen MR) is 102 cm³/mol. The van der Waals surface area contributed by atoms with Crippen LogP contribution in [0, 0.1) is 11.7 Å². The SMILES string of the molecule is COc1ccc(NC(=O)N2CCCCC2c2noc(COCC3CC3)n2)cc1F. The first-order valence-corrected chi connectivity index (χ1v) is 9.95. The van der Waals surface area contributed by atoms with Crippen molar-refractivity contribution in [2.75, 3.05) is 25.6 Å². The Balaban J connectivity index is 1.40. The molecule has 8 nitrogen and oxygen atoms in total. The van der Waals surface area contributed by atoms with Gasteiger partial charge in [-0.1, -0.05) is 5.16 Å². The number of carbonyl (C=O) groups is 1. The molecule has 4 rings (SSSR count). The number of benzene rings is 1. The summed E-state index contributed by atoms with van der Waals surface area (Å²) in [6, 6.07) is 3.71. The third kappa shape index (κ3) is 4.84. The van der Waals surface area contributed by atoms with Crippen LogP contribution in [0.2, 0.25) is 0 Å². The summed E-state index contributed by atoms with van der Waals surface area (Å²) in [5, 5.41) is 6.81. The van der Waals surface area contributed by atoms with Gasteiger partial charge in [-0.2, -0.15) is 4.98 Å². The lowest BCUT2D eigenvalue weighted by molar-refractivity contribution is 0.0894. The number of hydrogen-bond acceptors (Lipinski definition) is 6. The smallest absolute Gasteiger partial charge is 0.322 e. The molecule has 1 saturated carbocycles. The van der Waals surface area contributed by atoms with Crippen LogP contribution < -0.4 is 10.1 Å². The van der Waals surface area contributed by atoms with Crippen LogP contribution in [0.1, 0.15) is 49.9 Å². The number of ether oxygens (including phenoxy) is 2. The number of methoxy groups -OCH3 is 1. The molecule has 9 heteroatoms. The molecule has 1 atom stereocenters. The maximum absolute atomic E-state index is 13.9. The number of rotatable bonds is 7. The third-order valence-electron chi connectivity index (χ3n) is 5.22. The maximum atomic E-state index is 13.9. The van der Waals surface area contributed by atoms with E-state index in [0.29, 0.717) is 36.5 Å². The van der Waals surface area contributed by atoms with Crippen molar-refractivity contribution in [1.29, 1.82) is 0 Å². The monoisotopic (exact) mass is 404 g/mol. The van der Waals surface area contributed by atoms with Crippen molar-refractivity contribution < 1.29 is 23.2 Å². The van der Waals surface area contributed by atoms with E-state index in [1.807, 2.05) is 0 Å². The first-order chi connectivity index (χ1) is 14.1. The van der Waals surface area contributed by atoms with E-state index < -0.39 is 5.82 Å². The molecule has 0 bridgehead atoms. The van der Waals surface area contributed by atoms with E-state index in [1.165, 1.54) is 32.1 Å². The van der Waals surface area contributed by atoms with E-state index in [-0.39, 0.29) is 24.4 Å². The standard InChI is InChI=1S/C20H25FN4O4/c1-27-17-8-7-14(10-15(17)21)22-20(26)25-9-3-2-4-16(25)19-23-18(29-24-19)12-28-11-13-5-6-13/h7-8,10,13,16H,2-6,9,11-12H2,1H3,(H,22,26). The molecule has 1 aliphatic carbocycles. The number of nitrogens with one attached hydrogen (secondary N) is 1. The minimum Gasteiger partial charge on any atom is -0.494 e. The summed E-state index contributed by atoms with van der Waals surface area (Å²) in [5.41, 5.74) is 0.361. The molecule has 2 aliphatic rings. The number of aromatic nitrogens is 2. The first kappa shape index (κ1) is 19.6. The Morgan fingerprint density at radius 1 is 1.34 bits per heavy atom. The molecule has 1 aromatic heterocycles. The van der Waals surface area contributed by atoms with Crippen LogP contribution in [0.4, 0.5) is 14.9 Å². The highest BCUT2D eigenvalue weighted by Crippen LogP contribution is 2.31. The number of anilines is 1. The topological polar surface area (TPSA) is 89.7 Å². The van der Waals surface area contributed by atoms with Gasteiger partial charge in [0.25, 0.3) is 5.89 Å². The fourth-order valence-corrected chi connectivity index (χ4v) is 3.44. The second kappa shape index (κ2) is 8.77. The minimum absolute atomic E-state index is 0.127. The molecule has 29 heavy (non-hydrogen) atoms. The van der Waals surface area contributed by atoms with Crippen molar-refractivity contribution in [2.45, 2.75) is 44.8 Å². The zero-order valence-electron chi connectivity index (χ0n) is 16.4. The number of carbonyl (C=O) groups excluding carboxylic acids is 1. The molecule has 2 heterocycles. The quantitative estimate of drug-likeness (QED) is 0.753. The van der Waals surface area contributed by atoms with Gasteiger partial charge >= 0.3 is 6.03 Å². The van der Waals surface area contributed by atoms with E-state index in [1.54, 1.807) is 11.0 Å². The van der Waals surface area contributed by atoms with Crippen molar-refractivity contribution >= 4 is 11.7 Å². The largest absolute Gasteiger partial charge is 0.494 e. The lowest BCUT2D eigenvalue weighted by Crippen LogP contribution is -2.41. The van der Waals surface area contributed by atoms with Gasteiger partial charge in [0.15, 0.2) is 17.4 Å². The fraction of sp³-hybridized carbons (Fsp3) is 0.550. The molecule has 0 spiro atoms. The molecule has 2 fully saturated rings. The molecular weight excluding hydrogens is 379 g/mol.